The molecule has 8 rings (SSSR count). The highest BCUT2D eigenvalue weighted by Crippen LogP contribution is 2.38. The van der Waals surface area contributed by atoms with Crippen LogP contribution in [0.2, 0.25) is 0 Å². The normalized spacial score (nSPS) is 11.3. The van der Waals surface area contributed by atoms with Gasteiger partial charge in [-0.05, 0) is 81.9 Å². The highest BCUT2D eigenvalue weighted by molar-refractivity contribution is 6.04. The van der Waals surface area contributed by atoms with Crippen molar-refractivity contribution in [1.29, 1.82) is 0 Å². The van der Waals surface area contributed by atoms with Crippen molar-refractivity contribution in [3.8, 4) is 22.6 Å². The molecule has 1 aromatic heterocycles. The first-order valence-corrected chi connectivity index (χ1v) is 14.1. The lowest BCUT2D eigenvalue weighted by Crippen LogP contribution is -2.09. The molecule has 0 amide bonds. The number of nitrogens with zero attached hydrogens (tertiary/aromatic N) is 2. The molecule has 42 heavy (non-hydrogen) atoms. The van der Waals surface area contributed by atoms with E-state index in [4.69, 9.17) is 9.40 Å². The Morgan fingerprint density at radius 2 is 1.00 bits per heavy atom. The van der Waals surface area contributed by atoms with Gasteiger partial charge in [0.2, 0.25) is 5.89 Å². The molecule has 0 bridgehead atoms. The predicted molar refractivity (Wildman–Crippen MR) is 175 cm³/mol. The Labute approximate surface area is 243 Å². The Morgan fingerprint density at radius 1 is 0.429 bits per heavy atom. The van der Waals surface area contributed by atoms with Gasteiger partial charge in [0.1, 0.15) is 5.52 Å². The fourth-order valence-electron chi connectivity index (χ4n) is 5.83. The number of oxazole rings is 1. The molecule has 3 heteroatoms. The summed E-state index contributed by atoms with van der Waals surface area (Å²) in [6.07, 6.45) is 0. The van der Waals surface area contributed by atoms with E-state index in [-0.39, 0.29) is 0 Å². The van der Waals surface area contributed by atoms with Crippen LogP contribution in [0.25, 0.3) is 55.2 Å². The van der Waals surface area contributed by atoms with E-state index in [2.05, 4.69) is 138 Å². The van der Waals surface area contributed by atoms with E-state index in [1.54, 1.807) is 0 Å². The maximum atomic E-state index is 6.19. The van der Waals surface area contributed by atoms with Crippen molar-refractivity contribution in [2.75, 3.05) is 4.90 Å². The summed E-state index contributed by atoms with van der Waals surface area (Å²) in [5.74, 6) is 0.624. The molecule has 1 heterocycles. The van der Waals surface area contributed by atoms with Crippen molar-refractivity contribution >= 4 is 49.7 Å². The fourth-order valence-corrected chi connectivity index (χ4v) is 5.83. The number of hydrogen-bond donors (Lipinski definition) is 0. The molecule has 0 aliphatic heterocycles. The van der Waals surface area contributed by atoms with Crippen molar-refractivity contribution < 1.29 is 4.42 Å². The second kappa shape index (κ2) is 10.1. The smallest absolute Gasteiger partial charge is 0.227 e. The van der Waals surface area contributed by atoms with E-state index < -0.39 is 0 Å². The zero-order chi connectivity index (χ0) is 27.9. The van der Waals surface area contributed by atoms with Crippen LogP contribution in [0, 0.1) is 0 Å². The van der Waals surface area contributed by atoms with Gasteiger partial charge < -0.3 is 9.32 Å². The molecule has 3 nitrogen and oxygen atoms in total. The zero-order valence-corrected chi connectivity index (χ0v) is 22.8. The minimum atomic E-state index is 0.624. The second-order valence-electron chi connectivity index (χ2n) is 10.4. The van der Waals surface area contributed by atoms with Gasteiger partial charge in [0.05, 0.1) is 0 Å². The average molecular weight is 539 g/mol. The first kappa shape index (κ1) is 24.2. The van der Waals surface area contributed by atoms with E-state index in [1.807, 2.05) is 24.3 Å². The molecule has 7 aromatic carbocycles. The molecular formula is C39H26N2O. The molecule has 0 spiro atoms. The van der Waals surface area contributed by atoms with Crippen molar-refractivity contribution in [3.05, 3.63) is 158 Å². The van der Waals surface area contributed by atoms with Crippen LogP contribution in [0.4, 0.5) is 17.1 Å². The topological polar surface area (TPSA) is 29.3 Å². The summed E-state index contributed by atoms with van der Waals surface area (Å²) < 4.78 is 6.19. The molecule has 0 atom stereocenters. The Balaban J connectivity index is 1.17. The third kappa shape index (κ3) is 4.20. The van der Waals surface area contributed by atoms with Gasteiger partial charge >= 0.3 is 0 Å². The van der Waals surface area contributed by atoms with Crippen LogP contribution in [-0.4, -0.2) is 4.98 Å². The zero-order valence-electron chi connectivity index (χ0n) is 22.8. The van der Waals surface area contributed by atoms with Crippen LogP contribution in [0.5, 0.6) is 0 Å². The second-order valence-corrected chi connectivity index (χ2v) is 10.4. The van der Waals surface area contributed by atoms with Crippen LogP contribution < -0.4 is 4.90 Å². The fraction of sp³-hybridized carbons (Fsp3) is 0. The van der Waals surface area contributed by atoms with E-state index in [9.17, 15) is 0 Å². The maximum absolute atomic E-state index is 6.19. The SMILES string of the molecule is c1ccc(N(c2ccc(-c3nc4c(ccc5ccccc54)o3)cc2)c2ccc(-c3cccc4ccccc34)cc2)cc1. The molecule has 0 saturated carbocycles. The van der Waals surface area contributed by atoms with E-state index in [1.165, 1.54) is 21.9 Å². The number of rotatable bonds is 5. The number of fused-ring (bicyclic) bond motifs is 4. The molecule has 198 valence electrons. The van der Waals surface area contributed by atoms with Gasteiger partial charge in [-0.1, -0.05) is 103 Å². The van der Waals surface area contributed by atoms with Crippen molar-refractivity contribution in [2.24, 2.45) is 0 Å². The van der Waals surface area contributed by atoms with E-state index >= 15 is 0 Å². The van der Waals surface area contributed by atoms with Crippen LogP contribution in [0.1, 0.15) is 0 Å². The Hall–Kier alpha value is -5.67. The quantitative estimate of drug-likeness (QED) is 0.218. The number of benzene rings is 7. The molecular weight excluding hydrogens is 512 g/mol. The Morgan fingerprint density at radius 3 is 1.74 bits per heavy atom. The van der Waals surface area contributed by atoms with Crippen LogP contribution in [0.15, 0.2) is 162 Å². The van der Waals surface area contributed by atoms with Crippen molar-refractivity contribution in [3.63, 3.8) is 0 Å². The minimum Gasteiger partial charge on any atom is -0.436 e. The maximum Gasteiger partial charge on any atom is 0.227 e. The Bertz CT molecular complexity index is 2170. The first-order chi connectivity index (χ1) is 20.8. The van der Waals surface area contributed by atoms with Gasteiger partial charge in [-0.3, -0.25) is 0 Å². The lowest BCUT2D eigenvalue weighted by atomic mass is 9.98. The molecule has 0 N–H and O–H groups in total. The van der Waals surface area contributed by atoms with Gasteiger partial charge in [-0.25, -0.2) is 4.98 Å². The number of aromatic nitrogens is 1. The van der Waals surface area contributed by atoms with Crippen LogP contribution in [0.3, 0.4) is 0 Å². The average Bonchev–Trinajstić information content (AvgIpc) is 3.51. The lowest BCUT2D eigenvalue weighted by Gasteiger charge is -2.25. The lowest BCUT2D eigenvalue weighted by molar-refractivity contribution is 0.620. The van der Waals surface area contributed by atoms with E-state index in [0.717, 1.165) is 44.5 Å². The third-order valence-electron chi connectivity index (χ3n) is 7.90. The van der Waals surface area contributed by atoms with Crippen molar-refractivity contribution in [2.45, 2.75) is 0 Å². The monoisotopic (exact) mass is 538 g/mol. The van der Waals surface area contributed by atoms with Gasteiger partial charge in [0.15, 0.2) is 5.58 Å². The molecule has 0 aliphatic rings. The van der Waals surface area contributed by atoms with Crippen molar-refractivity contribution in [1.82, 2.24) is 4.98 Å². The van der Waals surface area contributed by atoms with E-state index in [0.29, 0.717) is 5.89 Å². The van der Waals surface area contributed by atoms with Crippen LogP contribution >= 0.6 is 0 Å². The molecule has 0 radical (unpaired) electrons. The van der Waals surface area contributed by atoms with Gasteiger partial charge in [-0.2, -0.15) is 0 Å². The molecule has 0 fully saturated rings. The Kier molecular flexibility index (Phi) is 5.79. The summed E-state index contributed by atoms with van der Waals surface area (Å²) in [6, 6.07) is 55.1. The summed E-state index contributed by atoms with van der Waals surface area (Å²) in [6.45, 7) is 0. The first-order valence-electron chi connectivity index (χ1n) is 14.1. The summed E-state index contributed by atoms with van der Waals surface area (Å²) in [5, 5.41) is 4.77. The minimum absolute atomic E-state index is 0.624. The summed E-state index contributed by atoms with van der Waals surface area (Å²) in [7, 11) is 0. The highest BCUT2D eigenvalue weighted by Gasteiger charge is 2.15. The van der Waals surface area contributed by atoms with Gasteiger partial charge in [0.25, 0.3) is 0 Å². The van der Waals surface area contributed by atoms with Crippen LogP contribution in [-0.2, 0) is 0 Å². The molecule has 8 aromatic rings. The summed E-state index contributed by atoms with van der Waals surface area (Å²) in [4.78, 5) is 7.16. The predicted octanol–water partition coefficient (Wildman–Crippen LogP) is 10.9. The standard InChI is InChI=1S/C39H26N2O/c1-2-12-31(13-3-1)41(32-22-17-29(18-23-32)35-16-8-11-27-9-4-6-14-34(27)35)33-24-19-30(20-25-33)39-40-38-36-15-7-5-10-28(36)21-26-37(38)42-39/h1-26H. The molecule has 0 saturated heterocycles. The summed E-state index contributed by atoms with van der Waals surface area (Å²) >= 11 is 0. The largest absolute Gasteiger partial charge is 0.436 e. The number of hydrogen-bond acceptors (Lipinski definition) is 3. The molecule has 0 aliphatic carbocycles. The van der Waals surface area contributed by atoms with Gasteiger partial charge in [-0.15, -0.1) is 0 Å². The van der Waals surface area contributed by atoms with Gasteiger partial charge in [0, 0.05) is 28.0 Å². The third-order valence-corrected chi connectivity index (χ3v) is 7.90. The highest BCUT2D eigenvalue weighted by atomic mass is 16.3. The summed E-state index contributed by atoms with van der Waals surface area (Å²) in [5.41, 5.74) is 8.31. The molecule has 0 unspecified atom stereocenters. The number of anilines is 3. The number of para-hydroxylation sites is 1.